The summed E-state index contributed by atoms with van der Waals surface area (Å²) >= 11 is 0. The van der Waals surface area contributed by atoms with Crippen molar-refractivity contribution < 1.29 is 9.59 Å². The third kappa shape index (κ3) is 2.18. The molecule has 0 bridgehead atoms. The Kier molecular flexibility index (Phi) is 3.17. The maximum absolute atomic E-state index is 12.1. The summed E-state index contributed by atoms with van der Waals surface area (Å²) in [5, 5.41) is 0. The molecule has 2 unspecified atom stereocenters. The SMILES string of the molecule is CCC(C)N1C(=O)CC(Nn2cccc2)C1=O. The smallest absolute Gasteiger partial charge is 0.254 e. The zero-order valence-electron chi connectivity index (χ0n) is 10.1. The molecular weight excluding hydrogens is 218 g/mol. The van der Waals surface area contributed by atoms with Crippen LogP contribution in [-0.2, 0) is 9.59 Å². The number of likely N-dealkylation sites (tertiary alicyclic amines) is 1. The predicted molar refractivity (Wildman–Crippen MR) is 63.8 cm³/mol. The van der Waals surface area contributed by atoms with Crippen LogP contribution in [-0.4, -0.2) is 33.5 Å². The first-order valence-electron chi connectivity index (χ1n) is 5.89. The molecule has 17 heavy (non-hydrogen) atoms. The van der Waals surface area contributed by atoms with Gasteiger partial charge in [-0.2, -0.15) is 0 Å². The largest absolute Gasteiger partial charge is 0.313 e. The van der Waals surface area contributed by atoms with Gasteiger partial charge in [-0.3, -0.25) is 19.2 Å². The van der Waals surface area contributed by atoms with E-state index in [2.05, 4.69) is 5.43 Å². The summed E-state index contributed by atoms with van der Waals surface area (Å²) in [5.74, 6) is -0.216. The molecule has 1 aliphatic rings. The first-order valence-corrected chi connectivity index (χ1v) is 5.89. The molecule has 1 aliphatic heterocycles. The third-order valence-corrected chi connectivity index (χ3v) is 3.12. The molecule has 1 saturated heterocycles. The predicted octanol–water partition coefficient (Wildman–Crippen LogP) is 0.958. The lowest BCUT2D eigenvalue weighted by Crippen LogP contribution is -2.41. The maximum Gasteiger partial charge on any atom is 0.254 e. The van der Waals surface area contributed by atoms with Gasteiger partial charge in [-0.05, 0) is 25.5 Å². The van der Waals surface area contributed by atoms with Gasteiger partial charge in [0.1, 0.15) is 6.04 Å². The summed E-state index contributed by atoms with van der Waals surface area (Å²) < 4.78 is 1.70. The lowest BCUT2D eigenvalue weighted by atomic mass is 10.2. The Balaban J connectivity index is 2.08. The molecule has 1 fully saturated rings. The van der Waals surface area contributed by atoms with E-state index in [1.54, 1.807) is 4.68 Å². The van der Waals surface area contributed by atoms with Gasteiger partial charge in [0, 0.05) is 18.4 Å². The molecule has 5 heteroatoms. The van der Waals surface area contributed by atoms with Gasteiger partial charge in [0.05, 0.1) is 6.42 Å². The quantitative estimate of drug-likeness (QED) is 0.791. The van der Waals surface area contributed by atoms with Crippen LogP contribution < -0.4 is 5.43 Å². The monoisotopic (exact) mass is 235 g/mol. The summed E-state index contributed by atoms with van der Waals surface area (Å²) in [7, 11) is 0. The van der Waals surface area contributed by atoms with Crippen molar-refractivity contribution >= 4 is 11.8 Å². The Morgan fingerprint density at radius 2 is 2.06 bits per heavy atom. The number of carbonyl (C=O) groups excluding carboxylic acids is 2. The van der Waals surface area contributed by atoms with Gasteiger partial charge >= 0.3 is 0 Å². The van der Waals surface area contributed by atoms with Crippen molar-refractivity contribution in [1.82, 2.24) is 9.58 Å². The highest BCUT2D eigenvalue weighted by atomic mass is 16.2. The molecule has 0 aliphatic carbocycles. The van der Waals surface area contributed by atoms with Crippen molar-refractivity contribution in [3.63, 3.8) is 0 Å². The van der Waals surface area contributed by atoms with Crippen molar-refractivity contribution in [2.45, 2.75) is 38.8 Å². The molecule has 5 nitrogen and oxygen atoms in total. The number of amides is 2. The molecule has 2 rings (SSSR count). The summed E-state index contributed by atoms with van der Waals surface area (Å²) in [6.07, 6.45) is 4.64. The molecule has 0 aromatic carbocycles. The lowest BCUT2D eigenvalue weighted by molar-refractivity contribution is -0.140. The van der Waals surface area contributed by atoms with Crippen LogP contribution in [0.3, 0.4) is 0 Å². The van der Waals surface area contributed by atoms with Crippen LogP contribution in [0.5, 0.6) is 0 Å². The maximum atomic E-state index is 12.1. The van der Waals surface area contributed by atoms with Gasteiger partial charge in [0.2, 0.25) is 5.91 Å². The second-order valence-corrected chi connectivity index (χ2v) is 4.34. The van der Waals surface area contributed by atoms with E-state index in [1.807, 2.05) is 38.4 Å². The highest BCUT2D eigenvalue weighted by Crippen LogP contribution is 2.18. The summed E-state index contributed by atoms with van der Waals surface area (Å²) in [6.45, 7) is 3.87. The number of aromatic nitrogens is 1. The van der Waals surface area contributed by atoms with E-state index < -0.39 is 6.04 Å². The Morgan fingerprint density at radius 1 is 1.41 bits per heavy atom. The molecule has 1 aromatic heterocycles. The number of hydrogen-bond donors (Lipinski definition) is 1. The molecule has 0 saturated carbocycles. The molecule has 2 heterocycles. The number of nitrogens with zero attached hydrogens (tertiary/aromatic N) is 2. The second kappa shape index (κ2) is 4.61. The fourth-order valence-electron chi connectivity index (χ4n) is 2.00. The van der Waals surface area contributed by atoms with Gasteiger partial charge in [0.25, 0.3) is 5.91 Å². The minimum atomic E-state index is -0.441. The van der Waals surface area contributed by atoms with Gasteiger partial charge in [-0.25, -0.2) is 0 Å². The van der Waals surface area contributed by atoms with E-state index >= 15 is 0 Å². The average molecular weight is 235 g/mol. The topological polar surface area (TPSA) is 54.3 Å². The van der Waals surface area contributed by atoms with E-state index in [0.717, 1.165) is 6.42 Å². The van der Waals surface area contributed by atoms with Gasteiger partial charge in [-0.15, -0.1) is 0 Å². The van der Waals surface area contributed by atoms with E-state index in [4.69, 9.17) is 0 Å². The number of imide groups is 1. The van der Waals surface area contributed by atoms with E-state index in [-0.39, 0.29) is 24.3 Å². The second-order valence-electron chi connectivity index (χ2n) is 4.34. The molecular formula is C12H17N3O2. The van der Waals surface area contributed by atoms with Crippen LogP contribution >= 0.6 is 0 Å². The number of rotatable bonds is 4. The van der Waals surface area contributed by atoms with Crippen LogP contribution in [0.2, 0.25) is 0 Å². The molecule has 92 valence electrons. The highest BCUT2D eigenvalue weighted by Gasteiger charge is 2.40. The number of carbonyl (C=O) groups is 2. The van der Waals surface area contributed by atoms with Gasteiger partial charge < -0.3 is 5.43 Å². The summed E-state index contributed by atoms with van der Waals surface area (Å²) in [5.41, 5.74) is 3.01. The fraction of sp³-hybridized carbons (Fsp3) is 0.500. The van der Waals surface area contributed by atoms with E-state index in [0.29, 0.717) is 0 Å². The molecule has 1 N–H and O–H groups in total. The van der Waals surface area contributed by atoms with Crippen LogP contribution in [0.15, 0.2) is 24.5 Å². The van der Waals surface area contributed by atoms with Crippen molar-refractivity contribution in [3.8, 4) is 0 Å². The van der Waals surface area contributed by atoms with Crippen LogP contribution in [0.25, 0.3) is 0 Å². The number of nitrogens with one attached hydrogen (secondary N) is 1. The standard InChI is InChI=1S/C12H17N3O2/c1-3-9(2)15-11(16)8-10(12(15)17)13-14-6-4-5-7-14/h4-7,9-10,13H,3,8H2,1-2H3. The first-order chi connectivity index (χ1) is 8.13. The average Bonchev–Trinajstić information content (AvgIpc) is 2.89. The Labute approximate surface area is 100 Å². The van der Waals surface area contributed by atoms with E-state index in [9.17, 15) is 9.59 Å². The minimum absolute atomic E-state index is 0.0218. The molecule has 1 aromatic rings. The Morgan fingerprint density at radius 3 is 2.65 bits per heavy atom. The molecule has 2 atom stereocenters. The minimum Gasteiger partial charge on any atom is -0.313 e. The first kappa shape index (κ1) is 11.7. The highest BCUT2D eigenvalue weighted by molar-refractivity contribution is 6.06. The van der Waals surface area contributed by atoms with Crippen molar-refractivity contribution in [3.05, 3.63) is 24.5 Å². The third-order valence-electron chi connectivity index (χ3n) is 3.12. The normalized spacial score (nSPS) is 22.0. The van der Waals surface area contributed by atoms with Crippen molar-refractivity contribution in [2.24, 2.45) is 0 Å². The lowest BCUT2D eigenvalue weighted by Gasteiger charge is -2.22. The zero-order chi connectivity index (χ0) is 12.4. The Bertz CT molecular complexity index is 413. The van der Waals surface area contributed by atoms with Crippen LogP contribution in [0.1, 0.15) is 26.7 Å². The van der Waals surface area contributed by atoms with Crippen LogP contribution in [0.4, 0.5) is 0 Å². The summed E-state index contributed by atoms with van der Waals surface area (Å²) in [4.78, 5) is 25.2. The fourth-order valence-corrected chi connectivity index (χ4v) is 2.00. The Hall–Kier alpha value is -1.78. The number of hydrogen-bond acceptors (Lipinski definition) is 3. The molecule has 2 amide bonds. The molecule has 0 radical (unpaired) electrons. The van der Waals surface area contributed by atoms with Crippen molar-refractivity contribution in [2.75, 3.05) is 5.43 Å². The summed E-state index contributed by atoms with van der Waals surface area (Å²) in [6, 6.07) is 3.26. The molecule has 0 spiro atoms. The van der Waals surface area contributed by atoms with E-state index in [1.165, 1.54) is 4.90 Å². The zero-order valence-corrected chi connectivity index (χ0v) is 10.1. The van der Waals surface area contributed by atoms with Crippen molar-refractivity contribution in [1.29, 1.82) is 0 Å². The van der Waals surface area contributed by atoms with Gasteiger partial charge in [-0.1, -0.05) is 6.92 Å². The van der Waals surface area contributed by atoms with Crippen LogP contribution in [0, 0.1) is 0 Å². The van der Waals surface area contributed by atoms with Gasteiger partial charge in [0.15, 0.2) is 0 Å².